The van der Waals surface area contributed by atoms with E-state index in [1.807, 2.05) is 54.3 Å². The summed E-state index contributed by atoms with van der Waals surface area (Å²) in [7, 11) is 0. The van der Waals surface area contributed by atoms with E-state index >= 15 is 0 Å². The van der Waals surface area contributed by atoms with Gasteiger partial charge in [-0.3, -0.25) is 9.59 Å². The highest BCUT2D eigenvalue weighted by molar-refractivity contribution is 6.30. The first-order valence-electron chi connectivity index (χ1n) is 10.4. The number of benzene rings is 2. The van der Waals surface area contributed by atoms with Gasteiger partial charge >= 0.3 is 0 Å². The number of carbonyl (C=O) groups is 2. The Morgan fingerprint density at radius 1 is 1.07 bits per heavy atom. The number of nitrogens with zero attached hydrogens (tertiary/aromatic N) is 1. The van der Waals surface area contributed by atoms with E-state index in [2.05, 4.69) is 17.4 Å². The van der Waals surface area contributed by atoms with E-state index in [-0.39, 0.29) is 23.8 Å². The number of hydrogen-bond donors (Lipinski definition) is 1. The van der Waals surface area contributed by atoms with Gasteiger partial charge in [0.2, 0.25) is 11.8 Å². The zero-order valence-corrected chi connectivity index (χ0v) is 17.7. The largest absolute Gasteiger partial charge is 0.353 e. The molecule has 1 N–H and O–H groups in total. The molecule has 154 valence electrons. The molecule has 0 aliphatic carbocycles. The van der Waals surface area contributed by atoms with E-state index in [1.165, 1.54) is 5.56 Å². The number of likely N-dealkylation sites (tertiary alicyclic amines) is 1. The van der Waals surface area contributed by atoms with Gasteiger partial charge in [-0.15, -0.1) is 0 Å². The number of aryl methyl sites for hydroxylation is 1. The molecule has 5 heteroatoms. The van der Waals surface area contributed by atoms with Crippen LogP contribution in [0.3, 0.4) is 0 Å². The Morgan fingerprint density at radius 2 is 1.76 bits per heavy atom. The molecule has 2 aromatic carbocycles. The van der Waals surface area contributed by atoms with Crippen LogP contribution in [0.5, 0.6) is 0 Å². The molecule has 1 atom stereocenters. The first-order valence-corrected chi connectivity index (χ1v) is 10.8. The predicted octanol–water partition coefficient (Wildman–Crippen LogP) is 4.26. The third kappa shape index (κ3) is 6.60. The number of hydrogen-bond acceptors (Lipinski definition) is 2. The summed E-state index contributed by atoms with van der Waals surface area (Å²) in [6.07, 6.45) is 3.50. The van der Waals surface area contributed by atoms with Crippen LogP contribution in [0, 0.1) is 5.92 Å². The summed E-state index contributed by atoms with van der Waals surface area (Å²) in [5.41, 5.74) is 2.30. The van der Waals surface area contributed by atoms with Gasteiger partial charge < -0.3 is 10.2 Å². The van der Waals surface area contributed by atoms with Crippen molar-refractivity contribution in [3.63, 3.8) is 0 Å². The minimum atomic E-state index is -0.0185. The van der Waals surface area contributed by atoms with Gasteiger partial charge in [-0.2, -0.15) is 0 Å². The van der Waals surface area contributed by atoms with Gasteiger partial charge in [0, 0.05) is 36.5 Å². The molecule has 1 aliphatic heterocycles. The Morgan fingerprint density at radius 3 is 2.45 bits per heavy atom. The van der Waals surface area contributed by atoms with Crippen molar-refractivity contribution in [2.45, 2.75) is 45.1 Å². The highest BCUT2D eigenvalue weighted by Crippen LogP contribution is 2.19. The van der Waals surface area contributed by atoms with Crippen LogP contribution in [0.1, 0.15) is 37.3 Å². The highest BCUT2D eigenvalue weighted by atomic mass is 35.5. The van der Waals surface area contributed by atoms with Crippen LogP contribution in [0.15, 0.2) is 54.6 Å². The van der Waals surface area contributed by atoms with Crippen molar-refractivity contribution in [2.75, 3.05) is 13.1 Å². The standard InChI is InChI=1S/C24H29ClN2O2/c1-18(16-20-8-5-9-22(25)17-20)26-24(29)21-12-14-27(15-13-21)23(28)11-10-19-6-3-2-4-7-19/h2-9,17-18,21H,10-16H2,1H3,(H,26,29). The molecule has 4 nitrogen and oxygen atoms in total. The fourth-order valence-electron chi connectivity index (χ4n) is 3.87. The average molecular weight is 413 g/mol. The summed E-state index contributed by atoms with van der Waals surface area (Å²) in [5, 5.41) is 3.84. The van der Waals surface area contributed by atoms with E-state index in [0.29, 0.717) is 24.5 Å². The lowest BCUT2D eigenvalue weighted by atomic mass is 9.94. The third-order valence-electron chi connectivity index (χ3n) is 5.51. The molecule has 0 saturated carbocycles. The van der Waals surface area contributed by atoms with Crippen molar-refractivity contribution in [3.8, 4) is 0 Å². The maximum Gasteiger partial charge on any atom is 0.223 e. The van der Waals surface area contributed by atoms with E-state index in [1.54, 1.807) is 0 Å². The number of piperidine rings is 1. The summed E-state index contributed by atoms with van der Waals surface area (Å²) in [5.74, 6) is 0.257. The van der Waals surface area contributed by atoms with Crippen LogP contribution in [0.4, 0.5) is 0 Å². The first kappa shape index (κ1) is 21.4. The fraction of sp³-hybridized carbons (Fsp3) is 0.417. The molecule has 0 bridgehead atoms. The lowest BCUT2D eigenvalue weighted by molar-refractivity contribution is -0.135. The smallest absolute Gasteiger partial charge is 0.223 e. The summed E-state index contributed by atoms with van der Waals surface area (Å²) >= 11 is 6.03. The Labute approximate surface area is 178 Å². The van der Waals surface area contributed by atoms with Gasteiger partial charge in [-0.1, -0.05) is 54.1 Å². The van der Waals surface area contributed by atoms with Gasteiger partial charge in [-0.25, -0.2) is 0 Å². The van der Waals surface area contributed by atoms with E-state index < -0.39 is 0 Å². The molecule has 1 unspecified atom stereocenters. The number of halogens is 1. The Hall–Kier alpha value is -2.33. The molecule has 1 heterocycles. The number of nitrogens with one attached hydrogen (secondary N) is 1. The highest BCUT2D eigenvalue weighted by Gasteiger charge is 2.27. The second-order valence-electron chi connectivity index (χ2n) is 7.88. The minimum absolute atomic E-state index is 0.0185. The summed E-state index contributed by atoms with van der Waals surface area (Å²) in [6, 6.07) is 17.9. The molecule has 1 fully saturated rings. The molecule has 0 aromatic heterocycles. The average Bonchev–Trinajstić information content (AvgIpc) is 2.72. The van der Waals surface area contributed by atoms with Crippen molar-refractivity contribution < 1.29 is 9.59 Å². The Kier molecular flexibility index (Phi) is 7.70. The molecular formula is C24H29ClN2O2. The van der Waals surface area contributed by atoms with Crippen LogP contribution in [-0.2, 0) is 22.4 Å². The molecule has 0 spiro atoms. The van der Waals surface area contributed by atoms with Crippen LogP contribution in [0.2, 0.25) is 5.02 Å². The molecule has 1 saturated heterocycles. The van der Waals surface area contributed by atoms with Crippen molar-refractivity contribution in [3.05, 3.63) is 70.7 Å². The molecule has 3 rings (SSSR count). The Bertz CT molecular complexity index is 817. The summed E-state index contributed by atoms with van der Waals surface area (Å²) in [4.78, 5) is 27.0. The topological polar surface area (TPSA) is 49.4 Å². The summed E-state index contributed by atoms with van der Waals surface area (Å²) in [6.45, 7) is 3.34. The normalized spacial score (nSPS) is 15.7. The van der Waals surface area contributed by atoms with Crippen molar-refractivity contribution in [2.24, 2.45) is 5.92 Å². The van der Waals surface area contributed by atoms with E-state index in [4.69, 9.17) is 11.6 Å². The maximum absolute atomic E-state index is 12.6. The number of carbonyl (C=O) groups excluding carboxylic acids is 2. The Balaban J connectivity index is 1.40. The van der Waals surface area contributed by atoms with Crippen molar-refractivity contribution in [1.29, 1.82) is 0 Å². The lowest BCUT2D eigenvalue weighted by Crippen LogP contribution is -2.45. The molecule has 2 aromatic rings. The van der Waals surface area contributed by atoms with Gasteiger partial charge in [0.05, 0.1) is 0 Å². The molecule has 2 amide bonds. The third-order valence-corrected chi connectivity index (χ3v) is 5.74. The monoisotopic (exact) mass is 412 g/mol. The maximum atomic E-state index is 12.6. The second-order valence-corrected chi connectivity index (χ2v) is 8.32. The van der Waals surface area contributed by atoms with E-state index in [0.717, 1.165) is 31.2 Å². The molecule has 29 heavy (non-hydrogen) atoms. The molecule has 0 radical (unpaired) electrons. The van der Waals surface area contributed by atoms with Gasteiger partial charge in [0.25, 0.3) is 0 Å². The van der Waals surface area contributed by atoms with Crippen molar-refractivity contribution in [1.82, 2.24) is 10.2 Å². The van der Waals surface area contributed by atoms with E-state index in [9.17, 15) is 9.59 Å². The minimum Gasteiger partial charge on any atom is -0.353 e. The SMILES string of the molecule is CC(Cc1cccc(Cl)c1)NC(=O)C1CCN(C(=O)CCc2ccccc2)CC1. The summed E-state index contributed by atoms with van der Waals surface area (Å²) < 4.78 is 0. The fourth-order valence-corrected chi connectivity index (χ4v) is 4.09. The van der Waals surface area contributed by atoms with Crippen molar-refractivity contribution >= 4 is 23.4 Å². The number of rotatable bonds is 7. The predicted molar refractivity (Wildman–Crippen MR) is 117 cm³/mol. The lowest BCUT2D eigenvalue weighted by Gasteiger charge is -2.32. The van der Waals surface area contributed by atoms with Gasteiger partial charge in [-0.05, 0) is 55.9 Å². The first-order chi connectivity index (χ1) is 14.0. The van der Waals surface area contributed by atoms with Crippen LogP contribution in [0.25, 0.3) is 0 Å². The second kappa shape index (κ2) is 10.4. The van der Waals surface area contributed by atoms with Crippen LogP contribution in [-0.4, -0.2) is 35.8 Å². The molecular weight excluding hydrogens is 384 g/mol. The zero-order chi connectivity index (χ0) is 20.6. The van der Waals surface area contributed by atoms with Gasteiger partial charge in [0.1, 0.15) is 0 Å². The van der Waals surface area contributed by atoms with Gasteiger partial charge in [0.15, 0.2) is 0 Å². The number of amides is 2. The zero-order valence-electron chi connectivity index (χ0n) is 16.9. The quantitative estimate of drug-likeness (QED) is 0.738. The molecule has 1 aliphatic rings. The van der Waals surface area contributed by atoms with Crippen LogP contribution < -0.4 is 5.32 Å². The van der Waals surface area contributed by atoms with Crippen LogP contribution >= 0.6 is 11.6 Å².